The number of esters is 1. The Labute approximate surface area is 179 Å². The van der Waals surface area contributed by atoms with Crippen LogP contribution in [0.2, 0.25) is 0 Å². The normalized spacial score (nSPS) is 18.8. The van der Waals surface area contributed by atoms with E-state index in [-0.39, 0.29) is 11.9 Å². The van der Waals surface area contributed by atoms with Crippen molar-refractivity contribution in [1.29, 1.82) is 0 Å². The number of ether oxygens (including phenoxy) is 1. The van der Waals surface area contributed by atoms with Gasteiger partial charge in [-0.1, -0.05) is 30.3 Å². The summed E-state index contributed by atoms with van der Waals surface area (Å²) in [7, 11) is 0. The van der Waals surface area contributed by atoms with Gasteiger partial charge < -0.3 is 9.64 Å². The van der Waals surface area contributed by atoms with Crippen LogP contribution in [0, 0.1) is 5.41 Å². The number of amides is 1. The molecule has 0 unspecified atom stereocenters. The van der Waals surface area contributed by atoms with Crippen molar-refractivity contribution < 1.29 is 14.3 Å². The van der Waals surface area contributed by atoms with Crippen molar-refractivity contribution in [1.82, 2.24) is 9.88 Å². The predicted octanol–water partition coefficient (Wildman–Crippen LogP) is 4.21. The average molecular weight is 409 g/mol. The fourth-order valence-electron chi connectivity index (χ4n) is 4.34. The summed E-state index contributed by atoms with van der Waals surface area (Å²) in [5, 5.41) is 0. The number of benzene rings is 1. The summed E-state index contributed by atoms with van der Waals surface area (Å²) in [5.74, 6) is -0.0343. The molecular formula is C25H32N2O3. The Hall–Kier alpha value is -2.69. The van der Waals surface area contributed by atoms with Crippen molar-refractivity contribution in [3.63, 3.8) is 0 Å². The van der Waals surface area contributed by atoms with Crippen molar-refractivity contribution in [3.05, 3.63) is 66.0 Å². The second kappa shape index (κ2) is 10.9. The van der Waals surface area contributed by atoms with Gasteiger partial charge in [0.05, 0.1) is 12.0 Å². The van der Waals surface area contributed by atoms with Crippen molar-refractivity contribution in [2.75, 3.05) is 19.7 Å². The van der Waals surface area contributed by atoms with E-state index in [2.05, 4.69) is 17.1 Å². The van der Waals surface area contributed by atoms with Gasteiger partial charge in [0.2, 0.25) is 5.91 Å². The van der Waals surface area contributed by atoms with E-state index in [0.717, 1.165) is 44.2 Å². The lowest BCUT2D eigenvalue weighted by Gasteiger charge is -2.41. The van der Waals surface area contributed by atoms with E-state index in [4.69, 9.17) is 4.74 Å². The molecule has 0 spiro atoms. The molecule has 0 N–H and O–H groups in total. The molecule has 5 heteroatoms. The molecule has 1 aromatic heterocycles. The number of aromatic nitrogens is 1. The fourth-order valence-corrected chi connectivity index (χ4v) is 4.34. The van der Waals surface area contributed by atoms with E-state index < -0.39 is 5.41 Å². The highest BCUT2D eigenvalue weighted by Gasteiger charge is 2.44. The zero-order valence-electron chi connectivity index (χ0n) is 17.9. The summed E-state index contributed by atoms with van der Waals surface area (Å²) in [5.41, 5.74) is 1.79. The SMILES string of the molecule is CCOC(=O)[C@]1(CCCc2ccccc2)CCCN(C(=O)CCc2ccncc2)C1. The van der Waals surface area contributed by atoms with Gasteiger partial charge >= 0.3 is 5.97 Å². The summed E-state index contributed by atoms with van der Waals surface area (Å²) >= 11 is 0. The number of hydrogen-bond donors (Lipinski definition) is 0. The van der Waals surface area contributed by atoms with Crippen LogP contribution in [-0.2, 0) is 27.2 Å². The molecule has 30 heavy (non-hydrogen) atoms. The summed E-state index contributed by atoms with van der Waals surface area (Å²) in [6.07, 6.45) is 8.85. The number of piperidine rings is 1. The monoisotopic (exact) mass is 408 g/mol. The third-order valence-corrected chi connectivity index (χ3v) is 5.98. The Bertz CT molecular complexity index is 810. The number of nitrogens with zero attached hydrogens (tertiary/aromatic N) is 2. The highest BCUT2D eigenvalue weighted by molar-refractivity contribution is 5.81. The molecule has 0 radical (unpaired) electrons. The van der Waals surface area contributed by atoms with Crippen molar-refractivity contribution in [2.24, 2.45) is 5.41 Å². The van der Waals surface area contributed by atoms with E-state index in [9.17, 15) is 9.59 Å². The lowest BCUT2D eigenvalue weighted by Crippen LogP contribution is -2.50. The number of carbonyl (C=O) groups excluding carboxylic acids is 2. The molecule has 0 aliphatic carbocycles. The number of likely N-dealkylation sites (tertiary alicyclic amines) is 1. The molecule has 3 rings (SSSR count). The first-order chi connectivity index (χ1) is 14.6. The highest BCUT2D eigenvalue weighted by Crippen LogP contribution is 2.37. The van der Waals surface area contributed by atoms with Crippen LogP contribution in [0.3, 0.4) is 0 Å². The smallest absolute Gasteiger partial charge is 0.313 e. The first-order valence-electron chi connectivity index (χ1n) is 11.0. The van der Waals surface area contributed by atoms with Crippen molar-refractivity contribution in [2.45, 2.75) is 51.9 Å². The van der Waals surface area contributed by atoms with Gasteiger partial charge in [-0.25, -0.2) is 0 Å². The van der Waals surface area contributed by atoms with E-state index in [1.54, 1.807) is 12.4 Å². The number of aryl methyl sites for hydroxylation is 2. The molecule has 1 aliphatic rings. The minimum atomic E-state index is -0.588. The van der Waals surface area contributed by atoms with Crippen LogP contribution in [0.1, 0.15) is 50.2 Å². The maximum absolute atomic E-state index is 12.9. The third kappa shape index (κ3) is 5.91. The molecule has 1 amide bonds. The summed E-state index contributed by atoms with van der Waals surface area (Å²) in [4.78, 5) is 31.7. The van der Waals surface area contributed by atoms with Crippen LogP contribution in [-0.4, -0.2) is 41.5 Å². The van der Waals surface area contributed by atoms with Gasteiger partial charge in [0.1, 0.15) is 0 Å². The molecule has 1 aromatic carbocycles. The molecule has 1 atom stereocenters. The van der Waals surface area contributed by atoms with Crippen LogP contribution in [0.4, 0.5) is 0 Å². The van der Waals surface area contributed by atoms with Crippen LogP contribution in [0.15, 0.2) is 54.9 Å². The zero-order chi connectivity index (χ0) is 21.2. The fraction of sp³-hybridized carbons (Fsp3) is 0.480. The molecule has 5 nitrogen and oxygen atoms in total. The van der Waals surface area contributed by atoms with Gasteiger partial charge in [0.15, 0.2) is 0 Å². The second-order valence-electron chi connectivity index (χ2n) is 8.11. The quantitative estimate of drug-likeness (QED) is 0.583. The molecule has 2 aromatic rings. The van der Waals surface area contributed by atoms with Gasteiger partial charge in [-0.05, 0) is 68.7 Å². The van der Waals surface area contributed by atoms with Crippen LogP contribution in [0.25, 0.3) is 0 Å². The van der Waals surface area contributed by atoms with Crippen molar-refractivity contribution in [3.8, 4) is 0 Å². The molecule has 0 bridgehead atoms. The van der Waals surface area contributed by atoms with E-state index in [0.29, 0.717) is 26.0 Å². The van der Waals surface area contributed by atoms with Gasteiger partial charge in [-0.3, -0.25) is 14.6 Å². The first kappa shape index (κ1) is 22.0. The zero-order valence-corrected chi connectivity index (χ0v) is 17.9. The number of hydrogen-bond acceptors (Lipinski definition) is 4. The van der Waals surface area contributed by atoms with Gasteiger partial charge in [-0.15, -0.1) is 0 Å². The Kier molecular flexibility index (Phi) is 8.00. The molecule has 1 saturated heterocycles. The molecule has 160 valence electrons. The van der Waals surface area contributed by atoms with Crippen LogP contribution in [0.5, 0.6) is 0 Å². The van der Waals surface area contributed by atoms with Gasteiger partial charge in [0.25, 0.3) is 0 Å². The lowest BCUT2D eigenvalue weighted by molar-refractivity contribution is -0.161. The molecule has 1 fully saturated rings. The lowest BCUT2D eigenvalue weighted by atomic mass is 9.75. The second-order valence-corrected chi connectivity index (χ2v) is 8.11. The summed E-state index contributed by atoms with van der Waals surface area (Å²) in [6.45, 7) is 3.40. The van der Waals surface area contributed by atoms with Crippen molar-refractivity contribution >= 4 is 11.9 Å². The number of rotatable bonds is 9. The predicted molar refractivity (Wildman–Crippen MR) is 117 cm³/mol. The minimum absolute atomic E-state index is 0.114. The number of carbonyl (C=O) groups is 2. The Morgan fingerprint density at radius 1 is 1.07 bits per heavy atom. The largest absolute Gasteiger partial charge is 0.466 e. The van der Waals surface area contributed by atoms with Gasteiger partial charge in [0, 0.05) is 31.9 Å². The Morgan fingerprint density at radius 2 is 1.80 bits per heavy atom. The highest BCUT2D eigenvalue weighted by atomic mass is 16.5. The minimum Gasteiger partial charge on any atom is -0.466 e. The maximum Gasteiger partial charge on any atom is 0.313 e. The topological polar surface area (TPSA) is 59.5 Å². The standard InChI is InChI=1S/C25H32N2O3/c1-2-30-24(29)25(15-6-10-21-8-4-3-5-9-21)16-7-19-27(20-25)23(28)12-11-22-13-17-26-18-14-22/h3-5,8-9,13-14,17-18H,2,6-7,10-12,15-16,19-20H2,1H3/t25-/m1/s1. The van der Waals surface area contributed by atoms with Crippen LogP contribution < -0.4 is 0 Å². The molecule has 2 heterocycles. The van der Waals surface area contributed by atoms with Crippen LogP contribution >= 0.6 is 0 Å². The average Bonchev–Trinajstić information content (AvgIpc) is 2.79. The Morgan fingerprint density at radius 3 is 2.53 bits per heavy atom. The molecular weight excluding hydrogens is 376 g/mol. The summed E-state index contributed by atoms with van der Waals surface area (Å²) < 4.78 is 5.46. The molecule has 0 saturated carbocycles. The number of pyridine rings is 1. The third-order valence-electron chi connectivity index (χ3n) is 5.98. The van der Waals surface area contributed by atoms with E-state index >= 15 is 0 Å². The van der Waals surface area contributed by atoms with E-state index in [1.165, 1.54) is 5.56 Å². The van der Waals surface area contributed by atoms with E-state index in [1.807, 2.05) is 42.2 Å². The maximum atomic E-state index is 12.9. The first-order valence-corrected chi connectivity index (χ1v) is 11.0. The Balaban J connectivity index is 1.62. The van der Waals surface area contributed by atoms with Gasteiger partial charge in [-0.2, -0.15) is 0 Å². The molecule has 1 aliphatic heterocycles. The summed E-state index contributed by atoms with van der Waals surface area (Å²) in [6, 6.07) is 14.2.